The van der Waals surface area contributed by atoms with Gasteiger partial charge < -0.3 is 0 Å². The number of benzene rings is 1. The van der Waals surface area contributed by atoms with Crippen LogP contribution >= 0.6 is 0 Å². The minimum Gasteiger partial charge on any atom is -0.299 e. The Hall–Kier alpha value is -2.62. The van der Waals surface area contributed by atoms with Gasteiger partial charge in [0, 0.05) is 35.7 Å². The lowest BCUT2D eigenvalue weighted by atomic mass is 9.53. The van der Waals surface area contributed by atoms with E-state index >= 15 is 0 Å². The Kier molecular flexibility index (Phi) is 4.27. The molecule has 3 unspecified atom stereocenters. The minimum atomic E-state index is -0.882. The maximum Gasteiger partial charge on any atom is 0.167 e. The largest absolute Gasteiger partial charge is 0.299 e. The van der Waals surface area contributed by atoms with Crippen molar-refractivity contribution in [2.75, 3.05) is 0 Å². The minimum absolute atomic E-state index is 0.00413. The molecule has 0 spiro atoms. The monoisotopic (exact) mass is 388 g/mol. The Morgan fingerprint density at radius 1 is 0.862 bits per heavy atom. The third-order valence-corrected chi connectivity index (χ3v) is 7.54. The van der Waals surface area contributed by atoms with E-state index in [-0.39, 0.29) is 48.3 Å². The van der Waals surface area contributed by atoms with Crippen LogP contribution in [-0.2, 0) is 20.8 Å². The molecule has 1 aromatic carbocycles. The van der Waals surface area contributed by atoms with Crippen molar-refractivity contribution in [1.82, 2.24) is 0 Å². The van der Waals surface area contributed by atoms with Crippen LogP contribution in [0, 0.1) is 23.2 Å². The van der Waals surface area contributed by atoms with E-state index in [1.54, 1.807) is 0 Å². The highest BCUT2D eigenvalue weighted by molar-refractivity contribution is 6.08. The summed E-state index contributed by atoms with van der Waals surface area (Å²) in [5, 5.41) is 0. The van der Waals surface area contributed by atoms with Crippen molar-refractivity contribution in [3.05, 3.63) is 59.2 Å². The van der Waals surface area contributed by atoms with Crippen LogP contribution in [0.1, 0.15) is 54.4 Å². The molecule has 2 saturated carbocycles. The number of hydrogen-bond donors (Lipinski definition) is 0. The van der Waals surface area contributed by atoms with Crippen molar-refractivity contribution >= 4 is 23.1 Å². The van der Waals surface area contributed by atoms with E-state index < -0.39 is 17.3 Å². The number of hydrogen-bond acceptors (Lipinski definition) is 4. The van der Waals surface area contributed by atoms with Crippen LogP contribution in [0.15, 0.2) is 48.1 Å². The van der Waals surface area contributed by atoms with E-state index in [4.69, 9.17) is 0 Å². The van der Waals surface area contributed by atoms with Gasteiger partial charge in [0.1, 0.15) is 11.6 Å². The summed E-state index contributed by atoms with van der Waals surface area (Å²) in [6.07, 6.45) is 9.05. The fourth-order valence-corrected chi connectivity index (χ4v) is 6.26. The zero-order valence-corrected chi connectivity index (χ0v) is 16.4. The van der Waals surface area contributed by atoms with Gasteiger partial charge in [0.25, 0.3) is 0 Å². The molecule has 4 aliphatic rings. The van der Waals surface area contributed by atoms with Crippen molar-refractivity contribution in [2.45, 2.75) is 44.9 Å². The van der Waals surface area contributed by atoms with E-state index in [0.717, 1.165) is 24.0 Å². The normalized spacial score (nSPS) is 30.8. The molecular weight excluding hydrogens is 364 g/mol. The SMILES string of the molecule is O=C1CC(=O)CC(C2CCC3CC=CC=C3C2=O)(C2Cc3ccccc3C2=O)C1. The van der Waals surface area contributed by atoms with Gasteiger partial charge in [-0.3, -0.25) is 19.2 Å². The van der Waals surface area contributed by atoms with Gasteiger partial charge in [0.2, 0.25) is 0 Å². The lowest BCUT2D eigenvalue weighted by Gasteiger charge is -2.48. The van der Waals surface area contributed by atoms with Crippen LogP contribution in [-0.4, -0.2) is 23.1 Å². The molecule has 4 nitrogen and oxygen atoms in total. The van der Waals surface area contributed by atoms with Gasteiger partial charge >= 0.3 is 0 Å². The molecule has 0 saturated heterocycles. The summed E-state index contributed by atoms with van der Waals surface area (Å²) < 4.78 is 0. The second-order valence-corrected chi connectivity index (χ2v) is 9.10. The van der Waals surface area contributed by atoms with Crippen molar-refractivity contribution in [3.63, 3.8) is 0 Å². The highest BCUT2D eigenvalue weighted by Gasteiger charge is 2.57. The van der Waals surface area contributed by atoms with E-state index in [2.05, 4.69) is 6.08 Å². The first-order valence-corrected chi connectivity index (χ1v) is 10.6. The molecule has 0 heterocycles. The first kappa shape index (κ1) is 18.4. The Morgan fingerprint density at radius 3 is 2.38 bits per heavy atom. The average Bonchev–Trinajstić information content (AvgIpc) is 3.05. The predicted molar refractivity (Wildman–Crippen MR) is 107 cm³/mol. The van der Waals surface area contributed by atoms with Crippen LogP contribution in [0.25, 0.3) is 0 Å². The summed E-state index contributed by atoms with van der Waals surface area (Å²) in [6.45, 7) is 0. The van der Waals surface area contributed by atoms with Gasteiger partial charge in [-0.2, -0.15) is 0 Å². The maximum absolute atomic E-state index is 13.6. The fourth-order valence-electron chi connectivity index (χ4n) is 6.26. The van der Waals surface area contributed by atoms with E-state index in [1.165, 1.54) is 0 Å². The highest BCUT2D eigenvalue weighted by atomic mass is 16.2. The zero-order valence-electron chi connectivity index (χ0n) is 16.4. The Bertz CT molecular complexity index is 980. The second kappa shape index (κ2) is 6.72. The van der Waals surface area contributed by atoms with Gasteiger partial charge in [-0.25, -0.2) is 0 Å². The molecule has 4 aliphatic carbocycles. The summed E-state index contributed by atoms with van der Waals surface area (Å²) in [7, 11) is 0. The number of Topliss-reactive ketones (excluding diaryl/α,β-unsaturated/α-hetero) is 4. The molecule has 0 amide bonds. The molecule has 0 aromatic heterocycles. The molecule has 148 valence electrons. The molecule has 0 radical (unpaired) electrons. The number of carbonyl (C=O) groups is 4. The number of carbonyl (C=O) groups excluding carboxylic acids is 4. The maximum atomic E-state index is 13.6. The first-order chi connectivity index (χ1) is 14.0. The van der Waals surface area contributed by atoms with Gasteiger partial charge in [-0.1, -0.05) is 42.5 Å². The number of ketones is 4. The van der Waals surface area contributed by atoms with Crippen LogP contribution < -0.4 is 0 Å². The fraction of sp³-hybridized carbons (Fsp3) is 0.440. The highest BCUT2D eigenvalue weighted by Crippen LogP contribution is 2.55. The molecule has 0 aliphatic heterocycles. The summed E-state index contributed by atoms with van der Waals surface area (Å²) in [5.41, 5.74) is 1.58. The van der Waals surface area contributed by atoms with Gasteiger partial charge in [-0.05, 0) is 42.7 Å². The Morgan fingerprint density at radius 2 is 1.62 bits per heavy atom. The molecule has 0 N–H and O–H groups in total. The van der Waals surface area contributed by atoms with Crippen LogP contribution in [0.5, 0.6) is 0 Å². The second-order valence-electron chi connectivity index (χ2n) is 9.10. The molecule has 2 fully saturated rings. The zero-order chi connectivity index (χ0) is 20.2. The molecule has 0 bridgehead atoms. The standard InChI is InChI=1S/C25H24O4/c26-17-12-18(27)14-25(13-17,22-11-16-6-2-4-8-20(16)24(22)29)21-10-9-15-5-1-3-7-19(15)23(21)28/h1-4,6-8,15,21-22H,5,9-14H2. The molecular formula is C25H24O4. The summed E-state index contributed by atoms with van der Waals surface area (Å²) in [6, 6.07) is 7.53. The van der Waals surface area contributed by atoms with Crippen molar-refractivity contribution in [2.24, 2.45) is 23.2 Å². The van der Waals surface area contributed by atoms with Crippen LogP contribution in [0.2, 0.25) is 0 Å². The molecule has 5 rings (SSSR count). The summed E-state index contributed by atoms with van der Waals surface area (Å²) in [5.74, 6) is -0.888. The number of fused-ring (bicyclic) bond motifs is 2. The van der Waals surface area contributed by atoms with Gasteiger partial charge in [0.15, 0.2) is 11.6 Å². The Labute approximate surface area is 170 Å². The van der Waals surface area contributed by atoms with Crippen LogP contribution in [0.4, 0.5) is 0 Å². The van der Waals surface area contributed by atoms with E-state index in [9.17, 15) is 19.2 Å². The molecule has 4 heteroatoms. The van der Waals surface area contributed by atoms with E-state index in [1.807, 2.05) is 36.4 Å². The van der Waals surface area contributed by atoms with Crippen molar-refractivity contribution in [1.29, 1.82) is 0 Å². The number of allylic oxidation sites excluding steroid dienone is 4. The summed E-state index contributed by atoms with van der Waals surface area (Å²) >= 11 is 0. The molecule has 29 heavy (non-hydrogen) atoms. The molecule has 1 aromatic rings. The Balaban J connectivity index is 1.59. The average molecular weight is 388 g/mol. The number of rotatable bonds is 2. The topological polar surface area (TPSA) is 68.3 Å². The van der Waals surface area contributed by atoms with E-state index in [0.29, 0.717) is 18.4 Å². The third-order valence-electron chi connectivity index (χ3n) is 7.54. The van der Waals surface area contributed by atoms with Crippen molar-refractivity contribution < 1.29 is 19.2 Å². The molecule has 3 atom stereocenters. The summed E-state index contributed by atoms with van der Waals surface area (Å²) in [4.78, 5) is 52.1. The third kappa shape index (κ3) is 2.80. The van der Waals surface area contributed by atoms with Crippen molar-refractivity contribution in [3.8, 4) is 0 Å². The van der Waals surface area contributed by atoms with Gasteiger partial charge in [0.05, 0.1) is 6.42 Å². The quantitative estimate of drug-likeness (QED) is 0.722. The van der Waals surface area contributed by atoms with Gasteiger partial charge in [-0.15, -0.1) is 0 Å². The lowest BCUT2D eigenvalue weighted by Crippen LogP contribution is -2.51. The first-order valence-electron chi connectivity index (χ1n) is 10.6. The van der Waals surface area contributed by atoms with Crippen LogP contribution in [0.3, 0.4) is 0 Å². The lowest BCUT2D eigenvalue weighted by molar-refractivity contribution is -0.142. The smallest absolute Gasteiger partial charge is 0.167 e. The predicted octanol–water partition coefficient (Wildman–Crippen LogP) is 3.83.